The highest BCUT2D eigenvalue weighted by atomic mass is 16.5. The fraction of sp³-hybridized carbons (Fsp3) is 0.370. The lowest BCUT2D eigenvalue weighted by atomic mass is 9.81. The number of amides is 2. The van der Waals surface area contributed by atoms with Crippen LogP contribution in [0.1, 0.15) is 53.9 Å². The molecule has 8 nitrogen and oxygen atoms in total. The molecule has 1 aromatic heterocycles. The van der Waals surface area contributed by atoms with Crippen molar-refractivity contribution in [3.8, 4) is 11.5 Å². The number of carbonyl (C=O) groups is 2. The molecule has 0 fully saturated rings. The molecule has 1 aliphatic rings. The van der Waals surface area contributed by atoms with Gasteiger partial charge in [-0.1, -0.05) is 38.1 Å². The maximum atomic E-state index is 13.3. The third kappa shape index (κ3) is 5.01. The third-order valence-corrected chi connectivity index (χ3v) is 5.96. The number of hydrogen-bond donors (Lipinski definition) is 2. The summed E-state index contributed by atoms with van der Waals surface area (Å²) in [5.41, 5.74) is 2.96. The monoisotopic (exact) mass is 476 g/mol. The number of rotatable bonds is 8. The summed E-state index contributed by atoms with van der Waals surface area (Å²) in [7, 11) is 1.79. The zero-order chi connectivity index (χ0) is 25.1. The summed E-state index contributed by atoms with van der Waals surface area (Å²) < 4.78 is 13.5. The third-order valence-electron chi connectivity index (χ3n) is 5.96. The number of fused-ring (bicyclic) bond motifs is 1. The molecule has 0 saturated heterocycles. The molecule has 0 spiro atoms. The second-order valence-electron chi connectivity index (χ2n) is 9.10. The van der Waals surface area contributed by atoms with Crippen LogP contribution < -0.4 is 20.1 Å². The predicted molar refractivity (Wildman–Crippen MR) is 134 cm³/mol. The van der Waals surface area contributed by atoms with E-state index < -0.39 is 12.0 Å². The van der Waals surface area contributed by atoms with Crippen LogP contribution in [-0.2, 0) is 11.8 Å². The highest BCUT2D eigenvalue weighted by Gasteiger charge is 2.41. The largest absolute Gasteiger partial charge is 0.490 e. The molecule has 8 heteroatoms. The van der Waals surface area contributed by atoms with Gasteiger partial charge in [-0.2, -0.15) is 5.10 Å². The standard InChI is InChI=1S/C27H32N4O4/c1-6-34-21-14-19(12-13-20(21)35-15-16(2)3)23-22-17(4)30-31(5)25(22)29-27(33)24(23)28-26(32)18-10-8-7-9-11-18/h7-14,16,23-24H,6,15H2,1-5H3,(H,28,32)(H,29,33)/t23-,24+/m1/s1. The Morgan fingerprint density at radius 1 is 1.14 bits per heavy atom. The molecule has 184 valence electrons. The first-order chi connectivity index (χ1) is 16.8. The van der Waals surface area contributed by atoms with Crippen molar-refractivity contribution in [3.05, 3.63) is 70.9 Å². The summed E-state index contributed by atoms with van der Waals surface area (Å²) in [4.78, 5) is 26.4. The molecule has 0 aliphatic carbocycles. The zero-order valence-corrected chi connectivity index (χ0v) is 20.8. The van der Waals surface area contributed by atoms with Crippen molar-refractivity contribution in [1.82, 2.24) is 15.1 Å². The zero-order valence-electron chi connectivity index (χ0n) is 20.8. The van der Waals surface area contributed by atoms with Crippen molar-refractivity contribution in [3.63, 3.8) is 0 Å². The first kappa shape index (κ1) is 24.3. The minimum absolute atomic E-state index is 0.298. The van der Waals surface area contributed by atoms with E-state index in [0.717, 1.165) is 16.8 Å². The van der Waals surface area contributed by atoms with Crippen molar-refractivity contribution in [1.29, 1.82) is 0 Å². The predicted octanol–water partition coefficient (Wildman–Crippen LogP) is 4.04. The van der Waals surface area contributed by atoms with Crippen molar-refractivity contribution in [2.75, 3.05) is 18.5 Å². The van der Waals surface area contributed by atoms with Crippen LogP contribution in [0.15, 0.2) is 48.5 Å². The van der Waals surface area contributed by atoms with E-state index in [0.29, 0.717) is 42.0 Å². The lowest BCUT2D eigenvalue weighted by molar-refractivity contribution is -0.118. The Kier molecular flexibility index (Phi) is 7.10. The van der Waals surface area contributed by atoms with E-state index in [9.17, 15) is 9.59 Å². The van der Waals surface area contributed by atoms with Gasteiger partial charge >= 0.3 is 0 Å². The van der Waals surface area contributed by atoms with E-state index in [2.05, 4.69) is 29.6 Å². The van der Waals surface area contributed by atoms with E-state index in [1.165, 1.54) is 0 Å². The summed E-state index contributed by atoms with van der Waals surface area (Å²) in [5, 5.41) is 10.4. The van der Waals surface area contributed by atoms with Crippen LogP contribution in [0, 0.1) is 12.8 Å². The maximum Gasteiger partial charge on any atom is 0.251 e. The second-order valence-corrected chi connectivity index (χ2v) is 9.10. The molecule has 2 aromatic carbocycles. The van der Waals surface area contributed by atoms with Gasteiger partial charge in [0, 0.05) is 24.1 Å². The van der Waals surface area contributed by atoms with Gasteiger partial charge in [0.2, 0.25) is 5.91 Å². The number of benzene rings is 2. The van der Waals surface area contributed by atoms with Crippen molar-refractivity contribution < 1.29 is 19.1 Å². The van der Waals surface area contributed by atoms with E-state index in [4.69, 9.17) is 9.47 Å². The van der Waals surface area contributed by atoms with Crippen molar-refractivity contribution >= 4 is 17.6 Å². The Morgan fingerprint density at radius 3 is 2.57 bits per heavy atom. The minimum atomic E-state index is -0.838. The molecule has 2 amide bonds. The number of aryl methyl sites for hydroxylation is 2. The summed E-state index contributed by atoms with van der Waals surface area (Å²) >= 11 is 0. The van der Waals surface area contributed by atoms with Crippen LogP contribution in [0.2, 0.25) is 0 Å². The Balaban J connectivity index is 1.78. The van der Waals surface area contributed by atoms with Gasteiger partial charge < -0.3 is 20.1 Å². The Labute approximate surface area is 205 Å². The average Bonchev–Trinajstić information content (AvgIpc) is 3.11. The molecule has 2 heterocycles. The van der Waals surface area contributed by atoms with E-state index in [1.807, 2.05) is 38.1 Å². The average molecular weight is 477 g/mol. The lowest BCUT2D eigenvalue weighted by Gasteiger charge is -2.33. The first-order valence-electron chi connectivity index (χ1n) is 11.9. The summed E-state index contributed by atoms with van der Waals surface area (Å²) in [5.74, 6) is 1.17. The van der Waals surface area contributed by atoms with Gasteiger partial charge in [0.1, 0.15) is 11.9 Å². The number of anilines is 1. The first-order valence-corrected chi connectivity index (χ1v) is 11.9. The number of aromatic nitrogens is 2. The number of hydrogen-bond acceptors (Lipinski definition) is 5. The van der Waals surface area contributed by atoms with Gasteiger partial charge in [-0.05, 0) is 49.6 Å². The van der Waals surface area contributed by atoms with Gasteiger partial charge in [-0.15, -0.1) is 0 Å². The minimum Gasteiger partial charge on any atom is -0.490 e. The van der Waals surface area contributed by atoms with Gasteiger partial charge in [0.25, 0.3) is 5.91 Å². The Hall–Kier alpha value is -3.81. The number of ether oxygens (including phenoxy) is 2. The van der Waals surface area contributed by atoms with Gasteiger partial charge in [0.15, 0.2) is 11.5 Å². The second kappa shape index (κ2) is 10.2. The molecule has 4 rings (SSSR count). The molecule has 1 aliphatic heterocycles. The van der Waals surface area contributed by atoms with Crippen LogP contribution in [-0.4, -0.2) is 40.9 Å². The number of carbonyl (C=O) groups excluding carboxylic acids is 2. The van der Waals surface area contributed by atoms with E-state index in [-0.39, 0.29) is 11.8 Å². The lowest BCUT2D eigenvalue weighted by Crippen LogP contribution is -2.50. The highest BCUT2D eigenvalue weighted by Crippen LogP contribution is 2.42. The molecular formula is C27H32N4O4. The van der Waals surface area contributed by atoms with Gasteiger partial charge in [-0.3, -0.25) is 14.3 Å². The molecule has 35 heavy (non-hydrogen) atoms. The molecular weight excluding hydrogens is 444 g/mol. The summed E-state index contributed by atoms with van der Waals surface area (Å²) in [6.45, 7) is 9.02. The molecule has 0 radical (unpaired) electrons. The quantitative estimate of drug-likeness (QED) is 0.512. The molecule has 2 N–H and O–H groups in total. The van der Waals surface area contributed by atoms with Crippen molar-refractivity contribution in [2.24, 2.45) is 13.0 Å². The van der Waals surface area contributed by atoms with Crippen LogP contribution >= 0.6 is 0 Å². The number of nitrogens with one attached hydrogen (secondary N) is 2. The fourth-order valence-electron chi connectivity index (χ4n) is 4.39. The van der Waals surface area contributed by atoms with E-state index >= 15 is 0 Å². The smallest absolute Gasteiger partial charge is 0.251 e. The highest BCUT2D eigenvalue weighted by molar-refractivity contribution is 6.03. The number of nitrogens with zero attached hydrogens (tertiary/aromatic N) is 2. The SMILES string of the molecule is CCOc1cc([C@@H]2c3c(C)nn(C)c3NC(=O)[C@H]2NC(=O)c2ccccc2)ccc1OCC(C)C. The van der Waals surface area contributed by atoms with Crippen LogP contribution in [0.5, 0.6) is 11.5 Å². The molecule has 0 unspecified atom stereocenters. The molecule has 0 bridgehead atoms. The molecule has 3 aromatic rings. The van der Waals surface area contributed by atoms with Gasteiger partial charge in [0.05, 0.1) is 18.9 Å². The normalized spacial score (nSPS) is 17.0. The van der Waals surface area contributed by atoms with Crippen LogP contribution in [0.25, 0.3) is 0 Å². The van der Waals surface area contributed by atoms with Crippen LogP contribution in [0.4, 0.5) is 5.82 Å². The maximum absolute atomic E-state index is 13.3. The topological polar surface area (TPSA) is 94.5 Å². The molecule has 0 saturated carbocycles. The summed E-state index contributed by atoms with van der Waals surface area (Å²) in [6, 6.07) is 13.7. The van der Waals surface area contributed by atoms with Crippen LogP contribution in [0.3, 0.4) is 0 Å². The summed E-state index contributed by atoms with van der Waals surface area (Å²) in [6.07, 6.45) is 0. The Morgan fingerprint density at radius 2 is 1.89 bits per heavy atom. The fourth-order valence-corrected chi connectivity index (χ4v) is 4.39. The van der Waals surface area contributed by atoms with Gasteiger partial charge in [-0.25, -0.2) is 0 Å². The van der Waals surface area contributed by atoms with E-state index in [1.54, 1.807) is 36.0 Å². The van der Waals surface area contributed by atoms with Crippen molar-refractivity contribution in [2.45, 2.75) is 39.7 Å². The molecule has 2 atom stereocenters. The Bertz CT molecular complexity index is 1220.